The number of rotatable bonds is 3. The maximum atomic E-state index is 12.2. The van der Waals surface area contributed by atoms with Crippen molar-refractivity contribution in [2.24, 2.45) is 5.73 Å². The summed E-state index contributed by atoms with van der Waals surface area (Å²) in [4.78, 5) is 14.4. The molecule has 1 rings (SSSR count). The summed E-state index contributed by atoms with van der Waals surface area (Å²) in [5, 5.41) is 7.52. The van der Waals surface area contributed by atoms with Crippen molar-refractivity contribution in [1.82, 2.24) is 4.90 Å². The Morgan fingerprint density at radius 3 is 2.20 bits per heavy atom. The third-order valence-corrected chi connectivity index (χ3v) is 3.12. The zero-order valence-corrected chi connectivity index (χ0v) is 12.5. The van der Waals surface area contributed by atoms with Crippen LogP contribution < -0.4 is 20.1 Å². The summed E-state index contributed by atoms with van der Waals surface area (Å²) in [7, 11) is 5.84. The van der Waals surface area contributed by atoms with Crippen molar-refractivity contribution >= 4 is 29.3 Å². The summed E-state index contributed by atoms with van der Waals surface area (Å²) in [6.45, 7) is 0. The highest BCUT2D eigenvalue weighted by Crippen LogP contribution is 2.41. The summed E-state index contributed by atoms with van der Waals surface area (Å²) < 4.78 is 10.3. The van der Waals surface area contributed by atoms with E-state index in [1.54, 1.807) is 12.1 Å². The van der Waals surface area contributed by atoms with Crippen LogP contribution in [-0.2, 0) is 0 Å². The molecule has 0 aliphatic rings. The van der Waals surface area contributed by atoms with Crippen molar-refractivity contribution in [1.29, 1.82) is 5.41 Å². The fraction of sp³-hybridized carbons (Fsp3) is 0.333. The van der Waals surface area contributed by atoms with Crippen molar-refractivity contribution in [3.63, 3.8) is 0 Å². The average molecular weight is 301 g/mol. The molecule has 0 aromatic heterocycles. The van der Waals surface area contributed by atoms with Gasteiger partial charge >= 0.3 is 6.03 Å². The quantitative estimate of drug-likeness (QED) is 0.657. The number of nitrogens with zero attached hydrogens (tertiary/aromatic N) is 2. The number of urea groups is 1. The van der Waals surface area contributed by atoms with Gasteiger partial charge in [-0.05, 0) is 12.1 Å². The molecule has 0 aliphatic carbocycles. The molecule has 0 bridgehead atoms. The van der Waals surface area contributed by atoms with Gasteiger partial charge in [-0.3, -0.25) is 15.2 Å². The number of nitrogens with one attached hydrogen (secondary N) is 1. The largest absolute Gasteiger partial charge is 0.495 e. The molecule has 110 valence electrons. The van der Waals surface area contributed by atoms with E-state index in [1.807, 2.05) is 0 Å². The lowest BCUT2D eigenvalue weighted by Crippen LogP contribution is -2.45. The molecule has 0 heterocycles. The Morgan fingerprint density at radius 1 is 1.25 bits per heavy atom. The van der Waals surface area contributed by atoms with E-state index in [1.165, 1.54) is 33.2 Å². The first kappa shape index (κ1) is 15.9. The number of amides is 2. The molecular weight excluding hydrogens is 284 g/mol. The maximum Gasteiger partial charge on any atom is 0.330 e. The summed E-state index contributed by atoms with van der Waals surface area (Å²) in [5.41, 5.74) is 5.63. The monoisotopic (exact) mass is 300 g/mol. The minimum atomic E-state index is -0.522. The Kier molecular flexibility index (Phi) is 5.04. The van der Waals surface area contributed by atoms with Gasteiger partial charge in [0.05, 0.1) is 14.2 Å². The number of nitrogens with two attached hydrogens (primary N) is 1. The SMILES string of the molecule is COc1ccc(OC)c(N(C)C(=O)N(C)C(=N)N)c1Cl. The van der Waals surface area contributed by atoms with Crippen LogP contribution in [0.5, 0.6) is 11.5 Å². The maximum absolute atomic E-state index is 12.2. The van der Waals surface area contributed by atoms with Crippen LogP contribution >= 0.6 is 11.6 Å². The van der Waals surface area contributed by atoms with Gasteiger partial charge in [0, 0.05) is 14.1 Å². The minimum Gasteiger partial charge on any atom is -0.495 e. The van der Waals surface area contributed by atoms with Crippen molar-refractivity contribution in [3.8, 4) is 11.5 Å². The number of guanidine groups is 1. The molecule has 0 spiro atoms. The highest BCUT2D eigenvalue weighted by atomic mass is 35.5. The molecular formula is C12H17ClN4O3. The number of carbonyl (C=O) groups excluding carboxylic acids is 1. The van der Waals surface area contributed by atoms with E-state index in [0.29, 0.717) is 17.2 Å². The fourth-order valence-corrected chi connectivity index (χ4v) is 1.95. The average Bonchev–Trinajstić information content (AvgIpc) is 2.44. The third kappa shape index (κ3) is 2.88. The van der Waals surface area contributed by atoms with Crippen molar-refractivity contribution in [2.75, 3.05) is 33.2 Å². The van der Waals surface area contributed by atoms with E-state index in [4.69, 9.17) is 32.2 Å². The second-order valence-electron chi connectivity index (χ2n) is 3.92. The standard InChI is InChI=1S/C12H17ClN4O3/c1-16(12(18)17(2)11(14)15)10-8(20-4)6-5-7(19-3)9(10)13/h5-6H,1-4H3,(H3,14,15). The molecule has 0 atom stereocenters. The number of halogens is 1. The zero-order chi connectivity index (χ0) is 15.4. The number of methoxy groups -OCH3 is 2. The van der Waals surface area contributed by atoms with E-state index < -0.39 is 6.03 Å². The molecule has 1 aromatic carbocycles. The topological polar surface area (TPSA) is 91.9 Å². The van der Waals surface area contributed by atoms with E-state index in [9.17, 15) is 4.79 Å². The Morgan fingerprint density at radius 2 is 1.75 bits per heavy atom. The number of hydrogen-bond acceptors (Lipinski definition) is 4. The van der Waals surface area contributed by atoms with Crippen molar-refractivity contribution in [3.05, 3.63) is 17.2 Å². The molecule has 7 nitrogen and oxygen atoms in total. The molecule has 0 unspecified atom stereocenters. The Labute approximate surface area is 122 Å². The summed E-state index contributed by atoms with van der Waals surface area (Å²) in [6.07, 6.45) is 0. The number of carbonyl (C=O) groups is 1. The lowest BCUT2D eigenvalue weighted by atomic mass is 10.2. The lowest BCUT2D eigenvalue weighted by molar-refractivity contribution is 0.233. The predicted molar refractivity (Wildman–Crippen MR) is 78.0 cm³/mol. The summed E-state index contributed by atoms with van der Waals surface area (Å²) in [6, 6.07) is 2.75. The van der Waals surface area contributed by atoms with Crippen LogP contribution in [0, 0.1) is 5.41 Å². The first-order valence-electron chi connectivity index (χ1n) is 5.61. The highest BCUT2D eigenvalue weighted by molar-refractivity contribution is 6.35. The van der Waals surface area contributed by atoms with Gasteiger partial charge in [-0.25, -0.2) is 4.79 Å². The van der Waals surface area contributed by atoms with Gasteiger partial charge in [0.2, 0.25) is 0 Å². The second-order valence-corrected chi connectivity index (χ2v) is 4.30. The van der Waals surface area contributed by atoms with Crippen LogP contribution in [0.15, 0.2) is 12.1 Å². The van der Waals surface area contributed by atoms with Gasteiger partial charge in [0.25, 0.3) is 0 Å². The molecule has 3 N–H and O–H groups in total. The summed E-state index contributed by atoms with van der Waals surface area (Å²) >= 11 is 6.21. The Balaban J connectivity index is 3.30. The van der Waals surface area contributed by atoms with Gasteiger partial charge in [0.15, 0.2) is 5.96 Å². The van der Waals surface area contributed by atoms with E-state index in [-0.39, 0.29) is 11.0 Å². The highest BCUT2D eigenvalue weighted by Gasteiger charge is 2.24. The zero-order valence-electron chi connectivity index (χ0n) is 11.7. The molecule has 8 heteroatoms. The van der Waals surface area contributed by atoms with Gasteiger partial charge in [-0.15, -0.1) is 0 Å². The molecule has 20 heavy (non-hydrogen) atoms. The van der Waals surface area contributed by atoms with Gasteiger partial charge < -0.3 is 15.2 Å². The number of hydrogen-bond donors (Lipinski definition) is 2. The number of ether oxygens (including phenoxy) is 2. The van der Waals surface area contributed by atoms with Gasteiger partial charge in [-0.1, -0.05) is 11.6 Å². The molecule has 0 fully saturated rings. The molecule has 0 radical (unpaired) electrons. The first-order valence-corrected chi connectivity index (χ1v) is 5.98. The predicted octanol–water partition coefficient (Wildman–Crippen LogP) is 1.74. The number of anilines is 1. The van der Waals surface area contributed by atoms with Crippen LogP contribution in [0.4, 0.5) is 10.5 Å². The van der Waals surface area contributed by atoms with Gasteiger partial charge in [-0.2, -0.15) is 0 Å². The first-order chi connectivity index (χ1) is 9.34. The molecule has 0 saturated carbocycles. The van der Waals surface area contributed by atoms with Crippen LogP contribution in [0.1, 0.15) is 0 Å². The van der Waals surface area contributed by atoms with Crippen molar-refractivity contribution in [2.45, 2.75) is 0 Å². The minimum absolute atomic E-state index is 0.236. The molecule has 2 amide bonds. The van der Waals surface area contributed by atoms with Crippen LogP contribution in [0.2, 0.25) is 5.02 Å². The van der Waals surface area contributed by atoms with Crippen LogP contribution in [-0.4, -0.2) is 45.2 Å². The summed E-state index contributed by atoms with van der Waals surface area (Å²) in [5.74, 6) is 0.441. The third-order valence-electron chi connectivity index (χ3n) is 2.75. The van der Waals surface area contributed by atoms with E-state index >= 15 is 0 Å². The van der Waals surface area contributed by atoms with Crippen LogP contribution in [0.3, 0.4) is 0 Å². The molecule has 0 saturated heterocycles. The lowest BCUT2D eigenvalue weighted by Gasteiger charge is -2.26. The fourth-order valence-electron chi connectivity index (χ4n) is 1.59. The van der Waals surface area contributed by atoms with E-state index in [0.717, 1.165) is 4.90 Å². The Bertz CT molecular complexity index is 536. The van der Waals surface area contributed by atoms with Crippen molar-refractivity contribution < 1.29 is 14.3 Å². The smallest absolute Gasteiger partial charge is 0.330 e. The van der Waals surface area contributed by atoms with E-state index in [2.05, 4.69) is 0 Å². The Hall–Kier alpha value is -2.15. The molecule has 0 aliphatic heterocycles. The van der Waals surface area contributed by atoms with Crippen LogP contribution in [0.25, 0.3) is 0 Å². The molecule has 1 aromatic rings. The van der Waals surface area contributed by atoms with Gasteiger partial charge in [0.1, 0.15) is 22.2 Å². The normalized spacial score (nSPS) is 9.85. The number of benzene rings is 1. The second kappa shape index (κ2) is 6.33.